The fourth-order valence-corrected chi connectivity index (χ4v) is 3.51. The lowest BCUT2D eigenvalue weighted by Gasteiger charge is -2.15. The van der Waals surface area contributed by atoms with Crippen LogP contribution in [0.15, 0.2) is 53.4 Å². The second kappa shape index (κ2) is 7.90. The van der Waals surface area contributed by atoms with Crippen molar-refractivity contribution in [1.29, 1.82) is 0 Å². The molecule has 0 aliphatic heterocycles. The molecule has 8 heteroatoms. The molecule has 0 bridgehead atoms. The van der Waals surface area contributed by atoms with Crippen LogP contribution in [0.4, 0.5) is 0 Å². The summed E-state index contributed by atoms with van der Waals surface area (Å²) in [4.78, 5) is 12.4. The van der Waals surface area contributed by atoms with E-state index in [1.165, 1.54) is 12.1 Å². The Morgan fingerprint density at radius 1 is 1.20 bits per heavy atom. The van der Waals surface area contributed by atoms with Crippen molar-refractivity contribution < 1.29 is 17.4 Å². The summed E-state index contributed by atoms with van der Waals surface area (Å²) < 4.78 is 33.9. The van der Waals surface area contributed by atoms with Gasteiger partial charge in [0.2, 0.25) is 10.0 Å². The largest absolute Gasteiger partial charge is 0.346 e. The molecule has 2 aromatic rings. The van der Waals surface area contributed by atoms with Crippen molar-refractivity contribution in [1.82, 2.24) is 5.32 Å². The molecule has 3 N–H and O–H groups in total. The Kier molecular flexibility index (Phi) is 6.10. The van der Waals surface area contributed by atoms with Gasteiger partial charge in [0.25, 0.3) is 5.91 Å². The number of rotatable bonds is 6. The van der Waals surface area contributed by atoms with Crippen molar-refractivity contribution in [2.24, 2.45) is 5.14 Å². The summed E-state index contributed by atoms with van der Waals surface area (Å²) in [5, 5.41) is 7.92. The molecular formula is C17H20N2O4S2. The molecule has 0 fully saturated rings. The van der Waals surface area contributed by atoms with Gasteiger partial charge in [0, 0.05) is 28.4 Å². The number of benzene rings is 2. The number of carbonyl (C=O) groups excluding carboxylic acids is 1. The molecule has 0 aromatic heterocycles. The highest BCUT2D eigenvalue weighted by molar-refractivity contribution is 7.89. The molecule has 0 spiro atoms. The van der Waals surface area contributed by atoms with Crippen LogP contribution in [-0.4, -0.2) is 24.8 Å². The van der Waals surface area contributed by atoms with E-state index in [9.17, 15) is 17.4 Å². The third-order valence-electron chi connectivity index (χ3n) is 3.62. The van der Waals surface area contributed by atoms with Crippen LogP contribution in [0.1, 0.15) is 34.5 Å². The van der Waals surface area contributed by atoms with E-state index in [2.05, 4.69) is 5.32 Å². The summed E-state index contributed by atoms with van der Waals surface area (Å²) in [6, 6.07) is 12.7. The zero-order chi connectivity index (χ0) is 18.6. The fourth-order valence-electron chi connectivity index (χ4n) is 2.35. The molecule has 2 unspecified atom stereocenters. The molecule has 134 valence electrons. The molecule has 0 radical (unpaired) electrons. The van der Waals surface area contributed by atoms with Crippen LogP contribution in [-0.2, 0) is 26.6 Å². The van der Waals surface area contributed by atoms with E-state index >= 15 is 0 Å². The number of primary sulfonamides is 1. The maximum Gasteiger partial charge on any atom is 0.251 e. The highest BCUT2D eigenvalue weighted by atomic mass is 32.2. The first-order valence-electron chi connectivity index (χ1n) is 7.49. The van der Waals surface area contributed by atoms with Gasteiger partial charge in [-0.3, -0.25) is 9.00 Å². The molecule has 2 atom stereocenters. The predicted octanol–water partition coefficient (Wildman–Crippen LogP) is 1.70. The van der Waals surface area contributed by atoms with Crippen LogP contribution in [0.5, 0.6) is 0 Å². The van der Waals surface area contributed by atoms with E-state index in [0.717, 1.165) is 11.1 Å². The van der Waals surface area contributed by atoms with Crippen molar-refractivity contribution in [2.45, 2.75) is 23.6 Å². The second-order valence-electron chi connectivity index (χ2n) is 5.73. The van der Waals surface area contributed by atoms with E-state index in [1.807, 2.05) is 6.07 Å². The van der Waals surface area contributed by atoms with Gasteiger partial charge in [-0.15, -0.1) is 0 Å². The number of nitrogens with one attached hydrogen (secondary N) is 1. The molecule has 6 nitrogen and oxygen atoms in total. The van der Waals surface area contributed by atoms with E-state index in [0.29, 0.717) is 11.3 Å². The Morgan fingerprint density at radius 2 is 1.84 bits per heavy atom. The molecule has 0 saturated heterocycles. The van der Waals surface area contributed by atoms with E-state index in [1.54, 1.807) is 43.5 Å². The minimum Gasteiger partial charge on any atom is -0.346 e. The lowest BCUT2D eigenvalue weighted by molar-refractivity contribution is 0.0939. The molecule has 2 aromatic carbocycles. The van der Waals surface area contributed by atoms with Crippen molar-refractivity contribution in [3.63, 3.8) is 0 Å². The third-order valence-corrected chi connectivity index (χ3v) is 5.28. The van der Waals surface area contributed by atoms with Crippen molar-refractivity contribution in [3.8, 4) is 0 Å². The number of hydrogen-bond acceptors (Lipinski definition) is 4. The van der Waals surface area contributed by atoms with E-state index in [4.69, 9.17) is 5.14 Å². The van der Waals surface area contributed by atoms with Crippen LogP contribution >= 0.6 is 0 Å². The summed E-state index contributed by atoms with van der Waals surface area (Å²) in [6.45, 7) is 1.80. The molecular weight excluding hydrogens is 360 g/mol. The molecule has 25 heavy (non-hydrogen) atoms. The number of carbonyl (C=O) groups is 1. The summed E-state index contributed by atoms with van der Waals surface area (Å²) in [5.74, 6) is 0.137. The standard InChI is InChI=1S/C17H20N2O4S2/c1-12(14-6-8-16(9-7-14)25(18,22)23)19-17(20)15-5-3-4-13(10-15)11-24(2)21/h3-10,12H,11H2,1-2H3,(H,19,20)(H2,18,22,23). The molecule has 0 aliphatic rings. The minimum atomic E-state index is -3.74. The van der Waals surface area contributed by atoms with E-state index < -0.39 is 20.8 Å². The lowest BCUT2D eigenvalue weighted by atomic mass is 10.1. The maximum atomic E-state index is 12.4. The van der Waals surface area contributed by atoms with Gasteiger partial charge >= 0.3 is 0 Å². The van der Waals surface area contributed by atoms with Crippen molar-refractivity contribution in [2.75, 3.05) is 6.26 Å². The Balaban J connectivity index is 2.11. The highest BCUT2D eigenvalue weighted by Crippen LogP contribution is 2.16. The van der Waals surface area contributed by atoms with Crippen molar-refractivity contribution in [3.05, 3.63) is 65.2 Å². The zero-order valence-corrected chi connectivity index (χ0v) is 15.6. The summed E-state index contributed by atoms with van der Waals surface area (Å²) in [6.07, 6.45) is 1.61. The van der Waals surface area contributed by atoms with Gasteiger partial charge in [-0.1, -0.05) is 24.3 Å². The first-order chi connectivity index (χ1) is 11.7. The van der Waals surface area contributed by atoms with Crippen LogP contribution in [0.2, 0.25) is 0 Å². The Labute approximate surface area is 149 Å². The fraction of sp³-hybridized carbons (Fsp3) is 0.235. The number of hydrogen-bond donors (Lipinski definition) is 2. The summed E-state index contributed by atoms with van der Waals surface area (Å²) in [5.41, 5.74) is 2.07. The quantitative estimate of drug-likeness (QED) is 0.795. The number of nitrogens with two attached hydrogens (primary N) is 1. The van der Waals surface area contributed by atoms with Gasteiger partial charge in [0.15, 0.2) is 0 Å². The smallest absolute Gasteiger partial charge is 0.251 e. The SMILES string of the molecule is CC(NC(=O)c1cccc(CS(C)=O)c1)c1ccc(S(N)(=O)=O)cc1. The number of amides is 1. The molecule has 0 aliphatic carbocycles. The van der Waals surface area contributed by atoms with Crippen LogP contribution in [0, 0.1) is 0 Å². The Hall–Kier alpha value is -2.03. The molecule has 1 amide bonds. The predicted molar refractivity (Wildman–Crippen MR) is 97.9 cm³/mol. The van der Waals surface area contributed by atoms with Gasteiger partial charge in [-0.05, 0) is 42.3 Å². The Morgan fingerprint density at radius 3 is 2.40 bits per heavy atom. The zero-order valence-electron chi connectivity index (χ0n) is 13.9. The molecule has 0 saturated carbocycles. The molecule has 0 heterocycles. The first kappa shape index (κ1) is 19.3. The normalized spacial score (nSPS) is 13.9. The van der Waals surface area contributed by atoms with Crippen LogP contribution in [0.3, 0.4) is 0 Å². The maximum absolute atomic E-state index is 12.4. The van der Waals surface area contributed by atoms with Crippen molar-refractivity contribution >= 4 is 26.7 Å². The first-order valence-corrected chi connectivity index (χ1v) is 10.8. The average Bonchev–Trinajstić information content (AvgIpc) is 2.53. The topological polar surface area (TPSA) is 106 Å². The van der Waals surface area contributed by atoms with Crippen LogP contribution < -0.4 is 10.5 Å². The summed E-state index contributed by atoms with van der Waals surface area (Å²) in [7, 11) is -4.72. The van der Waals surface area contributed by atoms with Gasteiger partial charge in [-0.2, -0.15) is 0 Å². The average molecular weight is 380 g/mol. The monoisotopic (exact) mass is 380 g/mol. The van der Waals surface area contributed by atoms with Gasteiger partial charge in [0.1, 0.15) is 0 Å². The third kappa shape index (κ3) is 5.48. The highest BCUT2D eigenvalue weighted by Gasteiger charge is 2.13. The number of sulfonamides is 1. The van der Waals surface area contributed by atoms with Crippen LogP contribution in [0.25, 0.3) is 0 Å². The minimum absolute atomic E-state index is 0.0232. The molecule has 2 rings (SSSR count). The van der Waals surface area contributed by atoms with Gasteiger partial charge < -0.3 is 5.32 Å². The Bertz CT molecular complexity index is 893. The second-order valence-corrected chi connectivity index (χ2v) is 8.72. The van der Waals surface area contributed by atoms with Gasteiger partial charge in [-0.25, -0.2) is 13.6 Å². The van der Waals surface area contributed by atoms with Gasteiger partial charge in [0.05, 0.1) is 10.9 Å². The summed E-state index contributed by atoms with van der Waals surface area (Å²) >= 11 is 0. The lowest BCUT2D eigenvalue weighted by Crippen LogP contribution is -2.26. The van der Waals surface area contributed by atoms with E-state index in [-0.39, 0.29) is 16.8 Å².